The van der Waals surface area contributed by atoms with Crippen LogP contribution in [0.1, 0.15) is 51.9 Å². The average molecular weight is 508 g/mol. The minimum atomic E-state index is -0.151. The number of rotatable bonds is 9. The van der Waals surface area contributed by atoms with Gasteiger partial charge in [-0.3, -0.25) is 14.7 Å². The van der Waals surface area contributed by atoms with Crippen molar-refractivity contribution in [3.8, 4) is 0 Å². The normalized spacial score (nSPS) is 24.4. The van der Waals surface area contributed by atoms with Gasteiger partial charge in [0.1, 0.15) is 0 Å². The number of hydrogen-bond donors (Lipinski definition) is 3. The van der Waals surface area contributed by atoms with Crippen LogP contribution in [-0.2, 0) is 4.79 Å². The molecule has 4 N–H and O–H groups in total. The number of carbonyl (C=O) groups excluding carboxylic acids is 1. The van der Waals surface area contributed by atoms with Crippen molar-refractivity contribution in [3.63, 3.8) is 0 Å². The molecule has 28 heavy (non-hydrogen) atoms. The zero-order chi connectivity index (χ0) is 19.5. The standard InChI is InChI=1S/C20H40N6O.HI/c1-3-18-9-4-5-14-26(18)15-11-24-20(22-2)23-10-7-13-25-12-6-8-17(16-25)19(21)27;/h17-18H,3-16H2,1-2H3,(H2,21,27)(H2,22,23,24);1H. The number of nitrogens with one attached hydrogen (secondary N) is 2. The molecule has 8 heteroatoms. The molecule has 0 aliphatic carbocycles. The molecule has 2 aliphatic rings. The molecule has 2 saturated heterocycles. The van der Waals surface area contributed by atoms with Crippen molar-refractivity contribution in [2.24, 2.45) is 16.6 Å². The second-order valence-corrected chi connectivity index (χ2v) is 7.92. The van der Waals surface area contributed by atoms with Crippen molar-refractivity contribution in [2.45, 2.75) is 57.9 Å². The maximum absolute atomic E-state index is 11.4. The summed E-state index contributed by atoms with van der Waals surface area (Å²) in [5, 5.41) is 6.85. The second kappa shape index (κ2) is 14.4. The highest BCUT2D eigenvalue weighted by atomic mass is 127. The Labute approximate surface area is 188 Å². The highest BCUT2D eigenvalue weighted by Gasteiger charge is 2.23. The number of guanidine groups is 1. The van der Waals surface area contributed by atoms with Gasteiger partial charge in [0.05, 0.1) is 5.92 Å². The molecule has 2 unspecified atom stereocenters. The summed E-state index contributed by atoms with van der Waals surface area (Å²) in [6, 6.07) is 0.754. The highest BCUT2D eigenvalue weighted by Crippen LogP contribution is 2.18. The van der Waals surface area contributed by atoms with Crippen molar-refractivity contribution in [1.82, 2.24) is 20.4 Å². The fourth-order valence-electron chi connectivity index (χ4n) is 4.36. The third-order valence-electron chi connectivity index (χ3n) is 5.99. The number of halogens is 1. The molecule has 2 heterocycles. The maximum Gasteiger partial charge on any atom is 0.221 e. The van der Waals surface area contributed by atoms with E-state index in [1.54, 1.807) is 0 Å². The van der Waals surface area contributed by atoms with Gasteiger partial charge in [-0.15, -0.1) is 24.0 Å². The van der Waals surface area contributed by atoms with Crippen LogP contribution in [-0.4, -0.2) is 80.6 Å². The van der Waals surface area contributed by atoms with Gasteiger partial charge in [-0.25, -0.2) is 0 Å². The third-order valence-corrected chi connectivity index (χ3v) is 5.99. The summed E-state index contributed by atoms with van der Waals surface area (Å²) < 4.78 is 0. The van der Waals surface area contributed by atoms with Crippen molar-refractivity contribution in [1.29, 1.82) is 0 Å². The lowest BCUT2D eigenvalue weighted by molar-refractivity contribution is -0.123. The van der Waals surface area contributed by atoms with Gasteiger partial charge in [0, 0.05) is 39.3 Å². The predicted molar refractivity (Wildman–Crippen MR) is 127 cm³/mol. The van der Waals surface area contributed by atoms with Crippen LogP contribution in [0.25, 0.3) is 0 Å². The van der Waals surface area contributed by atoms with Crippen LogP contribution in [0.15, 0.2) is 4.99 Å². The number of primary amides is 1. The minimum Gasteiger partial charge on any atom is -0.369 e. The van der Waals surface area contributed by atoms with E-state index in [0.29, 0.717) is 0 Å². The molecule has 0 radical (unpaired) electrons. The van der Waals surface area contributed by atoms with E-state index in [1.807, 2.05) is 7.05 Å². The quantitative estimate of drug-likeness (QED) is 0.191. The van der Waals surface area contributed by atoms with Gasteiger partial charge in [-0.1, -0.05) is 13.3 Å². The summed E-state index contributed by atoms with van der Waals surface area (Å²) >= 11 is 0. The molecular weight excluding hydrogens is 467 g/mol. The third kappa shape index (κ3) is 8.82. The molecule has 0 aromatic rings. The molecular formula is C20H41IN6O. The molecule has 7 nitrogen and oxygen atoms in total. The molecule has 2 rings (SSSR count). The number of likely N-dealkylation sites (tertiary alicyclic amines) is 2. The average Bonchev–Trinajstić information content (AvgIpc) is 2.70. The van der Waals surface area contributed by atoms with Gasteiger partial charge in [-0.05, 0) is 58.2 Å². The molecule has 2 atom stereocenters. The summed E-state index contributed by atoms with van der Waals surface area (Å²) in [7, 11) is 1.83. The lowest BCUT2D eigenvalue weighted by Crippen LogP contribution is -2.46. The fraction of sp³-hybridized carbons (Fsp3) is 0.900. The zero-order valence-electron chi connectivity index (χ0n) is 17.8. The van der Waals surface area contributed by atoms with Crippen LogP contribution in [0.2, 0.25) is 0 Å². The van der Waals surface area contributed by atoms with Crippen LogP contribution < -0.4 is 16.4 Å². The lowest BCUT2D eigenvalue weighted by Gasteiger charge is -2.35. The Kier molecular flexibility index (Phi) is 13.1. The Bertz CT molecular complexity index is 476. The van der Waals surface area contributed by atoms with E-state index in [0.717, 1.165) is 70.5 Å². The Morgan fingerprint density at radius 3 is 2.61 bits per heavy atom. The van der Waals surface area contributed by atoms with E-state index in [9.17, 15) is 4.79 Å². The molecule has 0 aromatic carbocycles. The minimum absolute atomic E-state index is 0. The van der Waals surface area contributed by atoms with E-state index < -0.39 is 0 Å². The Balaban J connectivity index is 0.00000392. The molecule has 2 aliphatic heterocycles. The smallest absolute Gasteiger partial charge is 0.221 e. The van der Waals surface area contributed by atoms with Gasteiger partial charge in [0.2, 0.25) is 5.91 Å². The molecule has 1 amide bonds. The van der Waals surface area contributed by atoms with E-state index in [2.05, 4.69) is 32.3 Å². The number of aliphatic imine (C=N–C) groups is 1. The first kappa shape index (κ1) is 25.4. The van der Waals surface area contributed by atoms with Crippen LogP contribution in [0.3, 0.4) is 0 Å². The van der Waals surface area contributed by atoms with Crippen molar-refractivity contribution in [3.05, 3.63) is 0 Å². The van der Waals surface area contributed by atoms with Gasteiger partial charge in [-0.2, -0.15) is 0 Å². The van der Waals surface area contributed by atoms with Gasteiger partial charge >= 0.3 is 0 Å². The second-order valence-electron chi connectivity index (χ2n) is 7.92. The molecule has 164 valence electrons. The summed E-state index contributed by atoms with van der Waals surface area (Å²) in [4.78, 5) is 20.7. The number of amides is 1. The molecule has 2 fully saturated rings. The van der Waals surface area contributed by atoms with E-state index in [1.165, 1.54) is 32.2 Å². The number of carbonyl (C=O) groups is 1. The van der Waals surface area contributed by atoms with Crippen LogP contribution >= 0.6 is 24.0 Å². The summed E-state index contributed by atoms with van der Waals surface area (Å²) in [6.07, 6.45) is 8.35. The number of nitrogens with two attached hydrogens (primary N) is 1. The van der Waals surface area contributed by atoms with Crippen molar-refractivity contribution < 1.29 is 4.79 Å². The maximum atomic E-state index is 11.4. The SMILES string of the molecule is CCC1CCCCN1CCNC(=NC)NCCCN1CCCC(C(N)=O)C1.I. The van der Waals surface area contributed by atoms with Crippen LogP contribution in [0, 0.1) is 5.92 Å². The van der Waals surface area contributed by atoms with Crippen molar-refractivity contribution >= 4 is 35.8 Å². The predicted octanol–water partition coefficient (Wildman–Crippen LogP) is 1.62. The zero-order valence-corrected chi connectivity index (χ0v) is 20.1. The molecule has 0 aromatic heterocycles. The Morgan fingerprint density at radius 1 is 1.11 bits per heavy atom. The first-order valence-electron chi connectivity index (χ1n) is 10.8. The summed E-state index contributed by atoms with van der Waals surface area (Å²) in [5.74, 6) is 0.762. The van der Waals surface area contributed by atoms with Crippen LogP contribution in [0.5, 0.6) is 0 Å². The molecule has 0 bridgehead atoms. The largest absolute Gasteiger partial charge is 0.369 e. The molecule has 0 spiro atoms. The van der Waals surface area contributed by atoms with E-state index >= 15 is 0 Å². The van der Waals surface area contributed by atoms with E-state index in [4.69, 9.17) is 5.73 Å². The number of nitrogens with zero attached hydrogens (tertiary/aromatic N) is 3. The number of hydrogen-bond acceptors (Lipinski definition) is 4. The highest BCUT2D eigenvalue weighted by molar-refractivity contribution is 14.0. The topological polar surface area (TPSA) is 86.0 Å². The van der Waals surface area contributed by atoms with E-state index in [-0.39, 0.29) is 35.8 Å². The van der Waals surface area contributed by atoms with Gasteiger partial charge in [0.25, 0.3) is 0 Å². The number of piperidine rings is 2. The molecule has 0 saturated carbocycles. The first-order valence-corrected chi connectivity index (χ1v) is 10.8. The van der Waals surface area contributed by atoms with Gasteiger partial charge < -0.3 is 21.3 Å². The monoisotopic (exact) mass is 508 g/mol. The first-order chi connectivity index (χ1) is 13.1. The summed E-state index contributed by atoms with van der Waals surface area (Å²) in [5.41, 5.74) is 5.45. The van der Waals surface area contributed by atoms with Gasteiger partial charge in [0.15, 0.2) is 5.96 Å². The Hall–Kier alpha value is -0.610. The lowest BCUT2D eigenvalue weighted by atomic mass is 9.97. The Morgan fingerprint density at radius 2 is 1.89 bits per heavy atom. The van der Waals surface area contributed by atoms with Crippen LogP contribution in [0.4, 0.5) is 0 Å². The van der Waals surface area contributed by atoms with Crippen molar-refractivity contribution in [2.75, 3.05) is 52.9 Å². The summed E-state index contributed by atoms with van der Waals surface area (Å²) in [6.45, 7) is 9.32. The fourth-order valence-corrected chi connectivity index (χ4v) is 4.36.